The zero-order valence-corrected chi connectivity index (χ0v) is 15.0. The van der Waals surface area contributed by atoms with E-state index in [4.69, 9.17) is 0 Å². The van der Waals surface area contributed by atoms with E-state index < -0.39 is 0 Å². The Labute approximate surface area is 149 Å². The Kier molecular flexibility index (Phi) is 5.29. The van der Waals surface area contributed by atoms with Crippen molar-refractivity contribution in [2.45, 2.75) is 26.9 Å². The van der Waals surface area contributed by atoms with Crippen LogP contribution < -0.4 is 10.6 Å². The molecule has 2 aromatic carbocycles. The van der Waals surface area contributed by atoms with E-state index in [1.54, 1.807) is 7.05 Å². The Morgan fingerprint density at radius 3 is 2.60 bits per heavy atom. The number of hydrogen-bond donors (Lipinski definition) is 2. The molecule has 4 nitrogen and oxygen atoms in total. The summed E-state index contributed by atoms with van der Waals surface area (Å²) >= 11 is 0. The molecule has 1 aromatic heterocycles. The molecule has 3 rings (SSSR count). The Hall–Kier alpha value is -2.88. The van der Waals surface area contributed by atoms with E-state index in [9.17, 15) is 0 Å². The van der Waals surface area contributed by atoms with Crippen molar-refractivity contribution in [1.82, 2.24) is 15.6 Å². The zero-order chi connectivity index (χ0) is 17.6. The Balaban J connectivity index is 1.64. The molecule has 3 aromatic rings. The Bertz CT molecular complexity index is 894. The van der Waals surface area contributed by atoms with E-state index in [1.807, 2.05) is 24.4 Å². The van der Waals surface area contributed by atoms with Crippen molar-refractivity contribution in [2.75, 3.05) is 7.05 Å². The van der Waals surface area contributed by atoms with E-state index >= 15 is 0 Å². The molecule has 2 N–H and O–H groups in total. The molecule has 0 amide bonds. The van der Waals surface area contributed by atoms with Gasteiger partial charge >= 0.3 is 0 Å². The number of hydrogen-bond acceptors (Lipinski definition) is 2. The highest BCUT2D eigenvalue weighted by Crippen LogP contribution is 2.16. The van der Waals surface area contributed by atoms with Gasteiger partial charge in [0.2, 0.25) is 0 Å². The summed E-state index contributed by atoms with van der Waals surface area (Å²) in [5, 5.41) is 9.10. The highest BCUT2D eigenvalue weighted by atomic mass is 15.2. The van der Waals surface area contributed by atoms with E-state index in [-0.39, 0.29) is 0 Å². The Morgan fingerprint density at radius 1 is 1.00 bits per heavy atom. The average molecular weight is 332 g/mol. The van der Waals surface area contributed by atoms with Crippen molar-refractivity contribution in [3.05, 3.63) is 77.1 Å². The molecule has 0 aliphatic carbocycles. The number of pyridine rings is 1. The second kappa shape index (κ2) is 7.79. The van der Waals surface area contributed by atoms with Crippen LogP contribution in [0.25, 0.3) is 10.8 Å². The van der Waals surface area contributed by atoms with Crippen molar-refractivity contribution in [2.24, 2.45) is 4.99 Å². The van der Waals surface area contributed by atoms with Gasteiger partial charge in [0.1, 0.15) is 0 Å². The van der Waals surface area contributed by atoms with Crippen LogP contribution in [0.1, 0.15) is 22.4 Å². The van der Waals surface area contributed by atoms with Gasteiger partial charge in [-0.05, 0) is 36.4 Å². The number of benzene rings is 2. The fraction of sp³-hybridized carbons (Fsp3) is 0.238. The summed E-state index contributed by atoms with van der Waals surface area (Å²) in [4.78, 5) is 8.82. The summed E-state index contributed by atoms with van der Waals surface area (Å²) in [7, 11) is 1.79. The number of fused-ring (bicyclic) bond motifs is 1. The van der Waals surface area contributed by atoms with Gasteiger partial charge < -0.3 is 10.6 Å². The summed E-state index contributed by atoms with van der Waals surface area (Å²) in [5.74, 6) is 0.773. The van der Waals surface area contributed by atoms with E-state index in [1.165, 1.54) is 27.5 Å². The predicted octanol–water partition coefficient (Wildman–Crippen LogP) is 3.72. The van der Waals surface area contributed by atoms with E-state index in [2.05, 4.69) is 64.8 Å². The molecule has 128 valence electrons. The SMILES string of the molecule is CN=C(NCc1ccc(C)cc1C)NCc1nccc2ccccc12. The van der Waals surface area contributed by atoms with Gasteiger partial charge in [0.15, 0.2) is 5.96 Å². The molecule has 0 saturated carbocycles. The number of aromatic nitrogens is 1. The third-order valence-corrected chi connectivity index (χ3v) is 4.35. The van der Waals surface area contributed by atoms with Crippen molar-refractivity contribution in [3.8, 4) is 0 Å². The van der Waals surface area contributed by atoms with E-state index in [0.717, 1.165) is 18.2 Å². The standard InChI is InChI=1S/C21H24N4/c1-15-8-9-18(16(2)12-15)13-24-21(22-3)25-14-20-19-7-5-4-6-17(19)10-11-23-20/h4-12H,13-14H2,1-3H3,(H2,22,24,25). The Morgan fingerprint density at radius 2 is 1.80 bits per heavy atom. The first kappa shape index (κ1) is 17.0. The number of rotatable bonds is 4. The van der Waals surface area contributed by atoms with Gasteiger partial charge in [-0.2, -0.15) is 0 Å². The second-order valence-electron chi connectivity index (χ2n) is 6.19. The fourth-order valence-electron chi connectivity index (χ4n) is 2.93. The third kappa shape index (κ3) is 4.15. The quantitative estimate of drug-likeness (QED) is 0.565. The van der Waals surface area contributed by atoms with Gasteiger partial charge in [-0.25, -0.2) is 0 Å². The van der Waals surface area contributed by atoms with Crippen molar-refractivity contribution >= 4 is 16.7 Å². The summed E-state index contributed by atoms with van der Waals surface area (Å²) in [6, 6.07) is 16.8. The van der Waals surface area contributed by atoms with Crippen molar-refractivity contribution in [1.29, 1.82) is 0 Å². The normalized spacial score (nSPS) is 11.6. The monoisotopic (exact) mass is 332 g/mol. The molecule has 0 radical (unpaired) electrons. The van der Waals surface area contributed by atoms with Gasteiger partial charge in [-0.15, -0.1) is 0 Å². The number of nitrogens with one attached hydrogen (secondary N) is 2. The minimum Gasteiger partial charge on any atom is -0.352 e. The van der Waals surface area contributed by atoms with Crippen LogP contribution in [0.5, 0.6) is 0 Å². The first-order chi connectivity index (χ1) is 12.2. The van der Waals surface area contributed by atoms with Gasteiger partial charge in [0, 0.05) is 25.2 Å². The molecule has 0 aliphatic heterocycles. The maximum absolute atomic E-state index is 4.51. The summed E-state index contributed by atoms with van der Waals surface area (Å²) in [5.41, 5.74) is 4.87. The van der Waals surface area contributed by atoms with Crippen LogP contribution in [0.15, 0.2) is 59.7 Å². The minimum atomic E-state index is 0.633. The molecule has 0 fully saturated rings. The molecule has 0 aliphatic rings. The fourth-order valence-corrected chi connectivity index (χ4v) is 2.93. The van der Waals surface area contributed by atoms with Crippen LogP contribution in [0.3, 0.4) is 0 Å². The molecular formula is C21H24N4. The maximum Gasteiger partial charge on any atom is 0.191 e. The number of guanidine groups is 1. The lowest BCUT2D eigenvalue weighted by Crippen LogP contribution is -2.36. The van der Waals surface area contributed by atoms with Gasteiger partial charge in [0.25, 0.3) is 0 Å². The lowest BCUT2D eigenvalue weighted by molar-refractivity contribution is 0.796. The lowest BCUT2D eigenvalue weighted by Gasteiger charge is -2.14. The first-order valence-electron chi connectivity index (χ1n) is 8.50. The van der Waals surface area contributed by atoms with Crippen LogP contribution in [-0.2, 0) is 13.1 Å². The highest BCUT2D eigenvalue weighted by molar-refractivity contribution is 5.85. The summed E-state index contributed by atoms with van der Waals surface area (Å²) in [6.45, 7) is 5.63. The topological polar surface area (TPSA) is 49.3 Å². The van der Waals surface area contributed by atoms with Crippen LogP contribution in [0, 0.1) is 13.8 Å². The van der Waals surface area contributed by atoms with Gasteiger partial charge in [0.05, 0.1) is 12.2 Å². The maximum atomic E-state index is 4.51. The highest BCUT2D eigenvalue weighted by Gasteiger charge is 2.05. The second-order valence-corrected chi connectivity index (χ2v) is 6.19. The number of aliphatic imine (C=N–C) groups is 1. The summed E-state index contributed by atoms with van der Waals surface area (Å²) < 4.78 is 0. The summed E-state index contributed by atoms with van der Waals surface area (Å²) in [6.07, 6.45) is 1.85. The molecule has 0 bridgehead atoms. The largest absolute Gasteiger partial charge is 0.352 e. The third-order valence-electron chi connectivity index (χ3n) is 4.35. The molecular weight excluding hydrogens is 308 g/mol. The molecule has 25 heavy (non-hydrogen) atoms. The van der Waals surface area contributed by atoms with Crippen LogP contribution in [0.2, 0.25) is 0 Å². The molecule has 0 spiro atoms. The first-order valence-corrected chi connectivity index (χ1v) is 8.50. The molecule has 4 heteroatoms. The van der Waals surface area contributed by atoms with E-state index in [0.29, 0.717) is 6.54 Å². The number of nitrogens with zero attached hydrogens (tertiary/aromatic N) is 2. The zero-order valence-electron chi connectivity index (χ0n) is 15.0. The predicted molar refractivity (Wildman–Crippen MR) is 105 cm³/mol. The van der Waals surface area contributed by atoms with Gasteiger partial charge in [-0.1, -0.05) is 48.0 Å². The lowest BCUT2D eigenvalue weighted by atomic mass is 10.1. The van der Waals surface area contributed by atoms with Crippen LogP contribution >= 0.6 is 0 Å². The number of aryl methyl sites for hydroxylation is 2. The van der Waals surface area contributed by atoms with Crippen LogP contribution in [-0.4, -0.2) is 18.0 Å². The van der Waals surface area contributed by atoms with Crippen LogP contribution in [0.4, 0.5) is 0 Å². The van der Waals surface area contributed by atoms with Crippen molar-refractivity contribution in [3.63, 3.8) is 0 Å². The molecule has 0 saturated heterocycles. The average Bonchev–Trinajstić information content (AvgIpc) is 2.63. The van der Waals surface area contributed by atoms with Crippen molar-refractivity contribution < 1.29 is 0 Å². The molecule has 0 unspecified atom stereocenters. The molecule has 0 atom stereocenters. The molecule has 1 heterocycles. The minimum absolute atomic E-state index is 0.633. The van der Waals surface area contributed by atoms with Gasteiger partial charge in [-0.3, -0.25) is 9.98 Å². The smallest absolute Gasteiger partial charge is 0.191 e.